The summed E-state index contributed by atoms with van der Waals surface area (Å²) in [5, 5.41) is 13.2. The van der Waals surface area contributed by atoms with E-state index < -0.39 is 0 Å². The summed E-state index contributed by atoms with van der Waals surface area (Å²) in [6.07, 6.45) is 11.4. The fourth-order valence-electron chi connectivity index (χ4n) is 4.38. The van der Waals surface area contributed by atoms with Crippen LogP contribution in [0.15, 0.2) is 0 Å². The van der Waals surface area contributed by atoms with E-state index in [0.29, 0.717) is 11.5 Å². The van der Waals surface area contributed by atoms with Gasteiger partial charge in [0.05, 0.1) is 6.10 Å². The maximum absolute atomic E-state index is 9.51. The first-order valence-corrected chi connectivity index (χ1v) is 8.15. The molecule has 2 fully saturated rings. The Morgan fingerprint density at radius 2 is 1.63 bits per heavy atom. The van der Waals surface area contributed by atoms with E-state index in [0.717, 1.165) is 13.0 Å². The molecule has 19 heavy (non-hydrogen) atoms. The molecule has 4 N–H and O–H groups in total. The maximum atomic E-state index is 9.51. The summed E-state index contributed by atoms with van der Waals surface area (Å²) in [4.78, 5) is 0. The molecule has 1 spiro atoms. The molecule has 112 valence electrons. The minimum Gasteiger partial charge on any atom is -0.393 e. The van der Waals surface area contributed by atoms with Gasteiger partial charge in [-0.1, -0.05) is 12.8 Å². The van der Waals surface area contributed by atoms with Gasteiger partial charge in [0, 0.05) is 18.1 Å². The van der Waals surface area contributed by atoms with Gasteiger partial charge in [-0.05, 0) is 64.2 Å². The minimum absolute atomic E-state index is 0.127. The minimum atomic E-state index is -0.234. The zero-order valence-corrected chi connectivity index (χ0v) is 12.8. The van der Waals surface area contributed by atoms with Gasteiger partial charge in [0.15, 0.2) is 0 Å². The summed E-state index contributed by atoms with van der Waals surface area (Å²) in [5.74, 6) is 0. The standard InChI is InChI=1S/C16H32N2O/c1-13(11-14(2)19)18-16(12-17)9-7-15(8-10-16)5-3-4-6-15/h13-14,18-19H,3-12,17H2,1-2H3. The number of rotatable bonds is 5. The second-order valence-corrected chi connectivity index (χ2v) is 7.32. The first kappa shape index (κ1) is 15.3. The Bertz CT molecular complexity index is 274. The predicted molar refractivity (Wildman–Crippen MR) is 80.0 cm³/mol. The third-order valence-electron chi connectivity index (χ3n) is 5.57. The van der Waals surface area contributed by atoms with E-state index >= 15 is 0 Å². The molecule has 0 aromatic rings. The molecule has 2 atom stereocenters. The van der Waals surface area contributed by atoms with Crippen LogP contribution in [0.5, 0.6) is 0 Å². The third-order valence-corrected chi connectivity index (χ3v) is 5.57. The quantitative estimate of drug-likeness (QED) is 0.718. The van der Waals surface area contributed by atoms with Crippen LogP contribution in [0.3, 0.4) is 0 Å². The van der Waals surface area contributed by atoms with Crippen molar-refractivity contribution < 1.29 is 5.11 Å². The van der Waals surface area contributed by atoms with Crippen LogP contribution in [0, 0.1) is 5.41 Å². The zero-order chi connectivity index (χ0) is 13.9. The summed E-state index contributed by atoms with van der Waals surface area (Å²) in [7, 11) is 0. The second kappa shape index (κ2) is 6.11. The smallest absolute Gasteiger partial charge is 0.0526 e. The zero-order valence-electron chi connectivity index (χ0n) is 12.8. The van der Waals surface area contributed by atoms with Crippen LogP contribution >= 0.6 is 0 Å². The fraction of sp³-hybridized carbons (Fsp3) is 1.00. The molecular formula is C16H32N2O. The monoisotopic (exact) mass is 268 g/mol. The van der Waals surface area contributed by atoms with Crippen molar-refractivity contribution in [1.82, 2.24) is 5.32 Å². The molecule has 0 aromatic carbocycles. The van der Waals surface area contributed by atoms with Gasteiger partial charge in [-0.25, -0.2) is 0 Å². The van der Waals surface area contributed by atoms with Crippen LogP contribution in [0.4, 0.5) is 0 Å². The van der Waals surface area contributed by atoms with Crippen molar-refractivity contribution in [1.29, 1.82) is 0 Å². The molecule has 0 saturated heterocycles. The largest absolute Gasteiger partial charge is 0.393 e. The first-order chi connectivity index (χ1) is 8.99. The van der Waals surface area contributed by atoms with E-state index in [4.69, 9.17) is 5.73 Å². The van der Waals surface area contributed by atoms with E-state index in [1.165, 1.54) is 51.4 Å². The van der Waals surface area contributed by atoms with E-state index in [1.54, 1.807) is 0 Å². The highest BCUT2D eigenvalue weighted by Crippen LogP contribution is 2.51. The highest BCUT2D eigenvalue weighted by Gasteiger charge is 2.43. The Hall–Kier alpha value is -0.120. The maximum Gasteiger partial charge on any atom is 0.0526 e. The average Bonchev–Trinajstić information content (AvgIpc) is 2.81. The van der Waals surface area contributed by atoms with E-state index in [2.05, 4.69) is 12.2 Å². The topological polar surface area (TPSA) is 58.3 Å². The Morgan fingerprint density at radius 3 is 2.11 bits per heavy atom. The molecule has 2 aliphatic rings. The molecule has 2 saturated carbocycles. The van der Waals surface area contributed by atoms with Gasteiger partial charge in [0.25, 0.3) is 0 Å². The molecule has 3 heteroatoms. The van der Waals surface area contributed by atoms with Gasteiger partial charge in [-0.2, -0.15) is 0 Å². The van der Waals surface area contributed by atoms with Crippen LogP contribution in [-0.2, 0) is 0 Å². The van der Waals surface area contributed by atoms with Crippen LogP contribution in [0.25, 0.3) is 0 Å². The number of hydrogen-bond acceptors (Lipinski definition) is 3. The highest BCUT2D eigenvalue weighted by molar-refractivity contribution is 5.01. The lowest BCUT2D eigenvalue weighted by Crippen LogP contribution is -2.57. The summed E-state index contributed by atoms with van der Waals surface area (Å²) in [6, 6.07) is 0.348. The van der Waals surface area contributed by atoms with E-state index in [9.17, 15) is 5.11 Å². The lowest BCUT2D eigenvalue weighted by molar-refractivity contribution is 0.0962. The van der Waals surface area contributed by atoms with Gasteiger partial charge < -0.3 is 16.2 Å². The van der Waals surface area contributed by atoms with Gasteiger partial charge in [-0.15, -0.1) is 0 Å². The molecule has 0 amide bonds. The summed E-state index contributed by atoms with van der Waals surface area (Å²) >= 11 is 0. The van der Waals surface area contributed by atoms with Crippen LogP contribution in [-0.4, -0.2) is 29.3 Å². The first-order valence-electron chi connectivity index (χ1n) is 8.15. The van der Waals surface area contributed by atoms with Gasteiger partial charge in [-0.3, -0.25) is 0 Å². The molecular weight excluding hydrogens is 236 g/mol. The van der Waals surface area contributed by atoms with Crippen LogP contribution in [0.1, 0.15) is 71.6 Å². The molecule has 2 unspecified atom stereocenters. The van der Waals surface area contributed by atoms with Crippen molar-refractivity contribution in [2.45, 2.75) is 89.3 Å². The van der Waals surface area contributed by atoms with Gasteiger partial charge >= 0.3 is 0 Å². The van der Waals surface area contributed by atoms with Gasteiger partial charge in [0.1, 0.15) is 0 Å². The molecule has 0 aliphatic heterocycles. The van der Waals surface area contributed by atoms with Crippen molar-refractivity contribution >= 4 is 0 Å². The van der Waals surface area contributed by atoms with Crippen LogP contribution in [0.2, 0.25) is 0 Å². The van der Waals surface area contributed by atoms with Crippen molar-refractivity contribution in [3.05, 3.63) is 0 Å². The molecule has 0 bridgehead atoms. The second-order valence-electron chi connectivity index (χ2n) is 7.32. The lowest BCUT2D eigenvalue weighted by Gasteiger charge is -2.46. The summed E-state index contributed by atoms with van der Waals surface area (Å²) < 4.78 is 0. The molecule has 0 aromatic heterocycles. The van der Waals surface area contributed by atoms with Crippen molar-refractivity contribution in [3.8, 4) is 0 Å². The normalized spacial score (nSPS) is 28.4. The van der Waals surface area contributed by atoms with Crippen molar-refractivity contribution in [2.24, 2.45) is 11.1 Å². The molecule has 2 aliphatic carbocycles. The molecule has 2 rings (SSSR count). The Morgan fingerprint density at radius 1 is 1.05 bits per heavy atom. The third kappa shape index (κ3) is 3.71. The van der Waals surface area contributed by atoms with E-state index in [-0.39, 0.29) is 11.6 Å². The summed E-state index contributed by atoms with van der Waals surface area (Å²) in [6.45, 7) is 4.76. The molecule has 3 nitrogen and oxygen atoms in total. The fourth-order valence-corrected chi connectivity index (χ4v) is 4.38. The van der Waals surface area contributed by atoms with Crippen molar-refractivity contribution in [2.75, 3.05) is 6.54 Å². The number of aliphatic hydroxyl groups is 1. The predicted octanol–water partition coefficient (Wildman–Crippen LogP) is 2.57. The lowest BCUT2D eigenvalue weighted by atomic mass is 9.66. The van der Waals surface area contributed by atoms with E-state index in [1.807, 2.05) is 6.92 Å². The number of aliphatic hydroxyl groups excluding tert-OH is 1. The average molecular weight is 268 g/mol. The Balaban J connectivity index is 1.90. The van der Waals surface area contributed by atoms with Crippen molar-refractivity contribution in [3.63, 3.8) is 0 Å². The Labute approximate surface area is 118 Å². The number of hydrogen-bond donors (Lipinski definition) is 3. The number of nitrogens with one attached hydrogen (secondary N) is 1. The molecule has 0 radical (unpaired) electrons. The SMILES string of the molecule is CC(O)CC(C)NC1(CN)CCC2(CCCC2)CC1. The van der Waals surface area contributed by atoms with Gasteiger partial charge in [0.2, 0.25) is 0 Å². The molecule has 0 heterocycles. The number of nitrogens with two attached hydrogens (primary N) is 1. The van der Waals surface area contributed by atoms with Crippen LogP contribution < -0.4 is 11.1 Å². The summed E-state index contributed by atoms with van der Waals surface area (Å²) in [5.41, 5.74) is 6.87. The highest BCUT2D eigenvalue weighted by atomic mass is 16.3. The Kier molecular flexibility index (Phi) is 4.91.